The average molecular weight is 217 g/mol. The number of hydrogen-bond acceptors (Lipinski definition) is 4. The molecule has 0 saturated heterocycles. The van der Waals surface area contributed by atoms with Crippen molar-refractivity contribution in [2.45, 2.75) is 19.9 Å². The van der Waals surface area contributed by atoms with Crippen LogP contribution in [0.3, 0.4) is 0 Å². The first kappa shape index (κ1) is 12.7. The van der Waals surface area contributed by atoms with Gasteiger partial charge in [0.15, 0.2) is 11.4 Å². The Labute approximate surface area is 88.4 Å². The van der Waals surface area contributed by atoms with Crippen molar-refractivity contribution in [3.63, 3.8) is 0 Å². The van der Waals surface area contributed by atoms with Crippen molar-refractivity contribution in [1.29, 1.82) is 5.26 Å². The quantitative estimate of drug-likeness (QED) is 0.338. The van der Waals surface area contributed by atoms with Crippen molar-refractivity contribution in [2.24, 2.45) is 4.99 Å². The highest BCUT2D eigenvalue weighted by atomic mass is 32.2. The molecule has 0 amide bonds. The molecule has 0 spiro atoms. The van der Waals surface area contributed by atoms with Crippen molar-refractivity contribution >= 4 is 28.7 Å². The molecule has 13 heavy (non-hydrogen) atoms. The zero-order valence-electron chi connectivity index (χ0n) is 8.20. The van der Waals surface area contributed by atoms with Crippen molar-refractivity contribution in [1.82, 2.24) is 5.32 Å². The molecule has 1 N–H and O–H groups in total. The number of rotatable bonds is 4. The number of nitriles is 1. The Hall–Kier alpha value is -0.340. The molecular formula is C8H15N3S2. The highest BCUT2D eigenvalue weighted by Crippen LogP contribution is 2.06. The molecule has 0 rings (SSSR count). The maximum Gasteiger partial charge on any atom is 0.183 e. The van der Waals surface area contributed by atoms with Gasteiger partial charge < -0.3 is 0 Å². The summed E-state index contributed by atoms with van der Waals surface area (Å²) in [7, 11) is 0. The van der Waals surface area contributed by atoms with Crippen molar-refractivity contribution in [3.8, 4) is 6.19 Å². The van der Waals surface area contributed by atoms with E-state index in [1.54, 1.807) is 0 Å². The van der Waals surface area contributed by atoms with Gasteiger partial charge in [-0.2, -0.15) is 17.0 Å². The fourth-order valence-electron chi connectivity index (χ4n) is 0.710. The Morgan fingerprint density at radius 3 is 2.85 bits per heavy atom. The summed E-state index contributed by atoms with van der Waals surface area (Å²) in [6.07, 6.45) is 3.78. The van der Waals surface area contributed by atoms with Gasteiger partial charge in [0.2, 0.25) is 0 Å². The van der Waals surface area contributed by atoms with Crippen LogP contribution in [0.1, 0.15) is 13.8 Å². The molecule has 0 radical (unpaired) electrons. The third-order valence-corrected chi connectivity index (χ3v) is 2.98. The van der Waals surface area contributed by atoms with Crippen LogP contribution >= 0.6 is 23.5 Å². The largest absolute Gasteiger partial charge is 0.272 e. The van der Waals surface area contributed by atoms with Crippen LogP contribution in [0.15, 0.2) is 4.99 Å². The van der Waals surface area contributed by atoms with Gasteiger partial charge in [0, 0.05) is 5.75 Å². The molecule has 0 bridgehead atoms. The van der Waals surface area contributed by atoms with Gasteiger partial charge in [-0.25, -0.2) is 0 Å². The summed E-state index contributed by atoms with van der Waals surface area (Å²) in [6, 6.07) is 0.272. The SMILES string of the molecule is CCSCC(C)N=C(NC#N)SC. The number of nitrogens with one attached hydrogen (secondary N) is 1. The molecular weight excluding hydrogens is 202 g/mol. The van der Waals surface area contributed by atoms with Gasteiger partial charge in [-0.15, -0.1) is 0 Å². The van der Waals surface area contributed by atoms with Crippen LogP contribution in [0.25, 0.3) is 0 Å². The summed E-state index contributed by atoms with van der Waals surface area (Å²) in [5.41, 5.74) is 0. The van der Waals surface area contributed by atoms with Crippen LogP contribution in [-0.2, 0) is 0 Å². The summed E-state index contributed by atoms with van der Waals surface area (Å²) in [4.78, 5) is 4.35. The Morgan fingerprint density at radius 1 is 1.69 bits per heavy atom. The van der Waals surface area contributed by atoms with Gasteiger partial charge >= 0.3 is 0 Å². The van der Waals surface area contributed by atoms with Gasteiger partial charge in [0.25, 0.3) is 0 Å². The summed E-state index contributed by atoms with van der Waals surface area (Å²) in [6.45, 7) is 4.18. The minimum atomic E-state index is 0.272. The maximum absolute atomic E-state index is 8.40. The average Bonchev–Trinajstić information content (AvgIpc) is 2.14. The van der Waals surface area contributed by atoms with E-state index < -0.39 is 0 Å². The number of nitrogens with zero attached hydrogens (tertiary/aromatic N) is 2. The molecule has 0 aromatic carbocycles. The summed E-state index contributed by atoms with van der Waals surface area (Å²) in [5.74, 6) is 2.12. The first-order chi connectivity index (χ1) is 6.24. The van der Waals surface area contributed by atoms with Crippen molar-refractivity contribution in [3.05, 3.63) is 0 Å². The van der Waals surface area contributed by atoms with Crippen LogP contribution < -0.4 is 5.32 Å². The Balaban J connectivity index is 3.93. The van der Waals surface area contributed by atoms with Gasteiger partial charge in [0.05, 0.1) is 6.04 Å². The molecule has 3 nitrogen and oxygen atoms in total. The molecule has 0 fully saturated rings. The highest BCUT2D eigenvalue weighted by molar-refractivity contribution is 8.13. The highest BCUT2D eigenvalue weighted by Gasteiger charge is 2.01. The second-order valence-corrected chi connectivity index (χ2v) is 4.50. The van der Waals surface area contributed by atoms with E-state index in [1.165, 1.54) is 11.8 Å². The summed E-state index contributed by atoms with van der Waals surface area (Å²) < 4.78 is 0. The van der Waals surface area contributed by atoms with Crippen molar-refractivity contribution < 1.29 is 0 Å². The van der Waals surface area contributed by atoms with E-state index in [-0.39, 0.29) is 6.04 Å². The number of amidine groups is 1. The normalized spacial score (nSPS) is 13.5. The van der Waals surface area contributed by atoms with Crippen LogP contribution in [0.2, 0.25) is 0 Å². The van der Waals surface area contributed by atoms with Gasteiger partial charge in [0.1, 0.15) is 0 Å². The van der Waals surface area contributed by atoms with Gasteiger partial charge in [-0.1, -0.05) is 18.7 Å². The molecule has 0 aromatic heterocycles. The lowest BCUT2D eigenvalue weighted by Crippen LogP contribution is -2.17. The number of hydrogen-bond donors (Lipinski definition) is 1. The van der Waals surface area contributed by atoms with E-state index in [9.17, 15) is 0 Å². The third-order valence-electron chi connectivity index (χ3n) is 1.26. The summed E-state index contributed by atoms with van der Waals surface area (Å²) >= 11 is 3.32. The number of aliphatic imine (C=N–C) groups is 1. The second kappa shape index (κ2) is 8.27. The zero-order valence-corrected chi connectivity index (χ0v) is 9.84. The standard InChI is InChI=1S/C8H15N3S2/c1-4-13-5-7(2)11-8(12-3)10-6-9/h7H,4-5H2,1-3H3,(H,10,11). The molecule has 0 aliphatic carbocycles. The van der Waals surface area contributed by atoms with E-state index in [4.69, 9.17) is 5.26 Å². The number of thioether (sulfide) groups is 2. The third kappa shape index (κ3) is 6.79. The molecule has 0 saturated carbocycles. The fourth-order valence-corrected chi connectivity index (χ4v) is 1.79. The lowest BCUT2D eigenvalue weighted by atomic mass is 10.4. The first-order valence-corrected chi connectivity index (χ1v) is 6.47. The Morgan fingerprint density at radius 2 is 2.38 bits per heavy atom. The molecule has 0 heterocycles. The Kier molecular flexibility index (Phi) is 8.05. The minimum Gasteiger partial charge on any atom is -0.272 e. The van der Waals surface area contributed by atoms with E-state index in [0.717, 1.165) is 11.5 Å². The lowest BCUT2D eigenvalue weighted by molar-refractivity contribution is 0.847. The van der Waals surface area contributed by atoms with Gasteiger partial charge in [-0.05, 0) is 18.9 Å². The second-order valence-electron chi connectivity index (χ2n) is 2.38. The molecule has 0 aromatic rings. The van der Waals surface area contributed by atoms with E-state index in [1.807, 2.05) is 24.2 Å². The molecule has 1 unspecified atom stereocenters. The van der Waals surface area contributed by atoms with Crippen LogP contribution in [0.5, 0.6) is 0 Å². The molecule has 74 valence electrons. The molecule has 1 atom stereocenters. The van der Waals surface area contributed by atoms with E-state index >= 15 is 0 Å². The lowest BCUT2D eigenvalue weighted by Gasteiger charge is -2.06. The topological polar surface area (TPSA) is 48.2 Å². The summed E-state index contributed by atoms with van der Waals surface area (Å²) in [5, 5.41) is 11.6. The fraction of sp³-hybridized carbons (Fsp3) is 0.750. The van der Waals surface area contributed by atoms with E-state index in [0.29, 0.717) is 5.17 Å². The zero-order chi connectivity index (χ0) is 10.1. The molecule has 0 aliphatic heterocycles. The minimum absolute atomic E-state index is 0.272. The monoisotopic (exact) mass is 217 g/mol. The Bertz CT molecular complexity index is 198. The predicted octanol–water partition coefficient (Wildman–Crippen LogP) is 1.92. The van der Waals surface area contributed by atoms with Crippen molar-refractivity contribution in [2.75, 3.05) is 17.8 Å². The molecule has 5 heteroatoms. The van der Waals surface area contributed by atoms with Crippen LogP contribution in [-0.4, -0.2) is 29.0 Å². The molecule has 0 aliphatic rings. The first-order valence-electron chi connectivity index (χ1n) is 4.09. The van der Waals surface area contributed by atoms with E-state index in [2.05, 4.69) is 24.2 Å². The van der Waals surface area contributed by atoms with Gasteiger partial charge in [-0.3, -0.25) is 10.3 Å². The maximum atomic E-state index is 8.40. The van der Waals surface area contributed by atoms with Crippen LogP contribution in [0, 0.1) is 11.5 Å². The van der Waals surface area contributed by atoms with Crippen LogP contribution in [0.4, 0.5) is 0 Å². The smallest absolute Gasteiger partial charge is 0.183 e. The predicted molar refractivity (Wildman–Crippen MR) is 62.2 cm³/mol.